The summed E-state index contributed by atoms with van der Waals surface area (Å²) in [5, 5.41) is 0. The first kappa shape index (κ1) is 36.2. The van der Waals surface area contributed by atoms with E-state index in [4.69, 9.17) is 23.1 Å². The van der Waals surface area contributed by atoms with Gasteiger partial charge in [-0.05, 0) is 89.6 Å². The molecule has 1 aliphatic rings. The first-order chi connectivity index (χ1) is 20.5. The zero-order chi connectivity index (χ0) is 33.0. The smallest absolute Gasteiger partial charge is 0.273 e. The van der Waals surface area contributed by atoms with E-state index in [1.54, 1.807) is 34.8 Å². The van der Waals surface area contributed by atoms with Crippen molar-refractivity contribution in [1.82, 2.24) is 0 Å². The van der Waals surface area contributed by atoms with E-state index < -0.39 is 45.1 Å². The van der Waals surface area contributed by atoms with E-state index >= 15 is 0 Å². The van der Waals surface area contributed by atoms with Crippen molar-refractivity contribution in [3.8, 4) is 5.75 Å². The number of benzene rings is 2. The van der Waals surface area contributed by atoms with E-state index in [1.807, 2.05) is 65.8 Å². The second kappa shape index (κ2) is 14.4. The molecule has 1 aliphatic heterocycles. The highest BCUT2D eigenvalue weighted by atomic mass is 32.2. The predicted molar refractivity (Wildman–Crippen MR) is 172 cm³/mol. The summed E-state index contributed by atoms with van der Waals surface area (Å²) >= 11 is 0. The number of hydrogen-bond donors (Lipinski definition) is 0. The van der Waals surface area contributed by atoms with Crippen LogP contribution >= 0.6 is 0 Å². The number of ether oxygens (including phenoxy) is 4. The Hall–Kier alpha value is -2.30. The molecule has 1 saturated heterocycles. The third-order valence-corrected chi connectivity index (χ3v) is 10.9. The molecule has 7 atom stereocenters. The van der Waals surface area contributed by atoms with E-state index in [9.17, 15) is 13.2 Å². The maximum atomic E-state index is 13.8. The van der Waals surface area contributed by atoms with Gasteiger partial charge >= 0.3 is 0 Å². The Morgan fingerprint density at radius 2 is 1.59 bits per heavy atom. The van der Waals surface area contributed by atoms with Gasteiger partial charge in [-0.25, -0.2) is 0 Å². The van der Waals surface area contributed by atoms with Crippen LogP contribution in [0.4, 0.5) is 0 Å². The number of aldehydes is 1. The average Bonchev–Trinajstić information content (AvgIpc) is 2.93. The van der Waals surface area contributed by atoms with Gasteiger partial charge in [-0.2, -0.15) is 8.42 Å². The van der Waals surface area contributed by atoms with Crippen LogP contribution in [-0.2, 0) is 39.9 Å². The number of aryl methyl sites for hydroxylation is 3. The molecule has 0 amide bonds. The van der Waals surface area contributed by atoms with Crippen molar-refractivity contribution in [3.05, 3.63) is 64.2 Å². The van der Waals surface area contributed by atoms with E-state index in [0.29, 0.717) is 12.8 Å². The van der Waals surface area contributed by atoms with Crippen molar-refractivity contribution in [1.29, 1.82) is 0 Å². The minimum Gasteiger partial charge on any atom is -0.497 e. The molecule has 1 fully saturated rings. The van der Waals surface area contributed by atoms with Gasteiger partial charge in [0.1, 0.15) is 17.6 Å². The van der Waals surface area contributed by atoms with Gasteiger partial charge in [0.2, 0.25) is 0 Å². The molecule has 0 unspecified atom stereocenters. The van der Waals surface area contributed by atoms with Gasteiger partial charge in [0, 0.05) is 17.9 Å². The lowest BCUT2D eigenvalue weighted by Crippen LogP contribution is -2.62. The van der Waals surface area contributed by atoms with Crippen LogP contribution < -0.4 is 4.74 Å². The van der Waals surface area contributed by atoms with Gasteiger partial charge in [-0.3, -0.25) is 4.18 Å². The van der Waals surface area contributed by atoms with Crippen LogP contribution in [0.5, 0.6) is 5.75 Å². The van der Waals surface area contributed by atoms with Crippen molar-refractivity contribution in [3.63, 3.8) is 0 Å². The van der Waals surface area contributed by atoms with Gasteiger partial charge in [-0.15, -0.1) is 0 Å². The van der Waals surface area contributed by atoms with Crippen LogP contribution in [-0.4, -0.2) is 50.5 Å². The maximum Gasteiger partial charge on any atom is 0.273 e. The fourth-order valence-electron chi connectivity index (χ4n) is 6.28. The molecule has 0 spiro atoms. The molecule has 246 valence electrons. The number of carbonyl (C=O) groups is 1. The molecule has 3 rings (SSSR count). The standard InChI is InChI=1S/C35H52O8S/c1-12-29(40-21-27-13-15-28(39-11)16-14-27)35(10,43-44(37,38)34(7,8)9)32-26(6)31(23(3)17-18-36)41-33(42-32)30-24(4)19-22(2)20-25(30)5/h13-16,18-20,23,26,29,31-33H,12,17,21H2,1-11H3/t23-,26+,29-,31+,32+,33-,35-/m1/s1. The Labute approximate surface area is 264 Å². The highest BCUT2D eigenvalue weighted by Gasteiger charge is 2.56. The number of rotatable bonds is 13. The van der Waals surface area contributed by atoms with Gasteiger partial charge < -0.3 is 23.7 Å². The summed E-state index contributed by atoms with van der Waals surface area (Å²) in [6, 6.07) is 11.7. The fourth-order valence-corrected chi connectivity index (χ4v) is 7.20. The highest BCUT2D eigenvalue weighted by molar-refractivity contribution is 7.88. The summed E-state index contributed by atoms with van der Waals surface area (Å²) in [7, 11) is -2.49. The Morgan fingerprint density at radius 1 is 1.00 bits per heavy atom. The van der Waals surface area contributed by atoms with Crippen LogP contribution in [0.2, 0.25) is 0 Å². The maximum absolute atomic E-state index is 13.8. The molecule has 8 nitrogen and oxygen atoms in total. The number of hydrogen-bond acceptors (Lipinski definition) is 8. The summed E-state index contributed by atoms with van der Waals surface area (Å²) < 4.78 is 58.0. The Bertz CT molecular complexity index is 1340. The monoisotopic (exact) mass is 632 g/mol. The van der Waals surface area contributed by atoms with Crippen LogP contribution in [0.3, 0.4) is 0 Å². The van der Waals surface area contributed by atoms with Crippen LogP contribution in [0.1, 0.15) is 95.4 Å². The molecule has 0 aliphatic carbocycles. The van der Waals surface area contributed by atoms with Crippen LogP contribution in [0, 0.1) is 32.6 Å². The van der Waals surface area contributed by atoms with Crippen LogP contribution in [0.25, 0.3) is 0 Å². The Kier molecular flexibility index (Phi) is 11.9. The number of methoxy groups -OCH3 is 1. The molecule has 44 heavy (non-hydrogen) atoms. The molecule has 9 heteroatoms. The molecule has 0 aromatic heterocycles. The van der Waals surface area contributed by atoms with E-state index in [-0.39, 0.29) is 18.4 Å². The van der Waals surface area contributed by atoms with Gasteiger partial charge in [0.05, 0.1) is 36.8 Å². The molecule has 2 aromatic rings. The van der Waals surface area contributed by atoms with Gasteiger partial charge in [0.15, 0.2) is 6.29 Å². The summed E-state index contributed by atoms with van der Waals surface area (Å²) in [5.41, 5.74) is 3.50. The fraction of sp³-hybridized carbons (Fsp3) is 0.629. The largest absolute Gasteiger partial charge is 0.497 e. The van der Waals surface area contributed by atoms with Crippen molar-refractivity contribution >= 4 is 16.4 Å². The molecule has 0 N–H and O–H groups in total. The second-order valence-corrected chi connectivity index (χ2v) is 15.7. The average molecular weight is 633 g/mol. The van der Waals surface area contributed by atoms with E-state index in [1.165, 1.54) is 0 Å². The third-order valence-electron chi connectivity index (χ3n) is 8.77. The minimum absolute atomic E-state index is 0.147. The molecular weight excluding hydrogens is 580 g/mol. The summed E-state index contributed by atoms with van der Waals surface area (Å²) in [5.74, 6) is 0.246. The summed E-state index contributed by atoms with van der Waals surface area (Å²) in [6.45, 7) is 18.9. The first-order valence-corrected chi connectivity index (χ1v) is 16.9. The molecule has 0 bridgehead atoms. The Morgan fingerprint density at radius 3 is 2.09 bits per heavy atom. The quantitative estimate of drug-likeness (QED) is 0.170. The lowest BCUT2D eigenvalue weighted by Gasteiger charge is -2.51. The zero-order valence-electron chi connectivity index (χ0n) is 28.3. The van der Waals surface area contributed by atoms with Crippen molar-refractivity contribution in [2.75, 3.05) is 7.11 Å². The first-order valence-electron chi connectivity index (χ1n) is 15.5. The molecule has 0 saturated carbocycles. The summed E-state index contributed by atoms with van der Waals surface area (Å²) in [6.07, 6.45) is -0.993. The molecule has 0 radical (unpaired) electrons. The van der Waals surface area contributed by atoms with Gasteiger partial charge in [0.25, 0.3) is 10.1 Å². The normalized spacial score (nSPS) is 23.9. The molecular formula is C35H52O8S. The Balaban J connectivity index is 2.15. The topological polar surface area (TPSA) is 97.4 Å². The van der Waals surface area contributed by atoms with E-state index in [0.717, 1.165) is 39.9 Å². The predicted octanol–water partition coefficient (Wildman–Crippen LogP) is 7.16. The third kappa shape index (κ3) is 7.91. The van der Waals surface area contributed by atoms with Crippen molar-refractivity contribution in [2.24, 2.45) is 11.8 Å². The molecule has 2 aromatic carbocycles. The SMILES string of the molecule is CC[C@@H](OCc1ccc(OC)cc1)[C@@](C)(OS(=O)(=O)C(C)(C)C)[C@H]1O[C@H](c2c(C)cc(C)cc2C)O[C@@H]([C@H](C)CC=O)[C@@H]1C. The van der Waals surface area contributed by atoms with Crippen molar-refractivity contribution in [2.45, 2.75) is 124 Å². The highest BCUT2D eigenvalue weighted by Crippen LogP contribution is 2.46. The molecule has 1 heterocycles. The second-order valence-electron chi connectivity index (χ2n) is 13.4. The minimum atomic E-state index is -4.10. The van der Waals surface area contributed by atoms with Crippen molar-refractivity contribution < 1.29 is 36.3 Å². The lowest BCUT2D eigenvalue weighted by molar-refractivity contribution is -0.318. The summed E-state index contributed by atoms with van der Waals surface area (Å²) in [4.78, 5) is 11.6. The van der Waals surface area contributed by atoms with Crippen LogP contribution in [0.15, 0.2) is 36.4 Å². The number of carbonyl (C=O) groups excluding carboxylic acids is 1. The zero-order valence-corrected chi connectivity index (χ0v) is 29.1. The van der Waals surface area contributed by atoms with Gasteiger partial charge in [-0.1, -0.05) is 50.6 Å². The van der Waals surface area contributed by atoms with E-state index in [2.05, 4.69) is 12.1 Å². The lowest BCUT2D eigenvalue weighted by atomic mass is 9.77.